The largest absolute Gasteiger partial charge is 0.471 e. The van der Waals surface area contributed by atoms with Crippen LogP contribution in [0.4, 0.5) is 18.9 Å². The summed E-state index contributed by atoms with van der Waals surface area (Å²) >= 11 is 0. The lowest BCUT2D eigenvalue weighted by molar-refractivity contribution is -0.173. The highest BCUT2D eigenvalue weighted by atomic mass is 19.4. The van der Waals surface area contributed by atoms with Gasteiger partial charge in [-0.3, -0.25) is 9.59 Å². The maximum atomic E-state index is 12.1. The van der Waals surface area contributed by atoms with Crippen LogP contribution in [0.3, 0.4) is 0 Å². The van der Waals surface area contributed by atoms with Crippen molar-refractivity contribution in [2.24, 2.45) is 5.92 Å². The molecule has 0 atom stereocenters. The number of hydrogen-bond donors (Lipinski definition) is 2. The lowest BCUT2D eigenvalue weighted by Gasteiger charge is -2.09. The average molecular weight is 326 g/mol. The highest BCUT2D eigenvalue weighted by molar-refractivity contribution is 5.99. The van der Waals surface area contributed by atoms with Crippen molar-refractivity contribution in [1.82, 2.24) is 5.32 Å². The lowest BCUT2D eigenvalue weighted by Crippen LogP contribution is -2.36. The Bertz CT molecular complexity index is 617. The number of alkyl halides is 3. The van der Waals surface area contributed by atoms with Crippen molar-refractivity contribution in [3.8, 4) is 0 Å². The summed E-state index contributed by atoms with van der Waals surface area (Å²) in [6, 6.07) is 6.24. The fraction of sp³-hybridized carbons (Fsp3) is 0.375. The normalized spacial score (nSPS) is 15.2. The van der Waals surface area contributed by atoms with E-state index in [2.05, 4.69) is 5.32 Å². The van der Waals surface area contributed by atoms with Crippen molar-refractivity contribution in [1.29, 1.82) is 0 Å². The zero-order valence-electron chi connectivity index (χ0n) is 12.5. The van der Waals surface area contributed by atoms with Crippen LogP contribution in [0.2, 0.25) is 0 Å². The number of benzene rings is 1. The van der Waals surface area contributed by atoms with E-state index in [0.29, 0.717) is 17.2 Å². The summed E-state index contributed by atoms with van der Waals surface area (Å²) in [5.41, 5.74) is 2.10. The third-order valence-electron chi connectivity index (χ3n) is 3.51. The fourth-order valence-electron chi connectivity index (χ4n) is 2.03. The third-order valence-corrected chi connectivity index (χ3v) is 3.51. The van der Waals surface area contributed by atoms with Crippen molar-refractivity contribution in [2.45, 2.75) is 32.5 Å². The first-order chi connectivity index (χ1) is 10.8. The number of carbonyl (C=O) groups excluding carboxylic acids is 2. The Morgan fingerprint density at radius 1 is 1.22 bits per heavy atom. The number of nitrogens with one attached hydrogen (secondary N) is 2. The Balaban J connectivity index is 1.85. The summed E-state index contributed by atoms with van der Waals surface area (Å²) in [5.74, 6) is -1.69. The molecule has 124 valence electrons. The minimum atomic E-state index is -4.89. The van der Waals surface area contributed by atoms with Crippen LogP contribution in [-0.4, -0.2) is 18.0 Å². The number of anilines is 1. The van der Waals surface area contributed by atoms with Crippen LogP contribution in [0.5, 0.6) is 0 Å². The van der Waals surface area contributed by atoms with Crippen molar-refractivity contribution in [3.63, 3.8) is 0 Å². The summed E-state index contributed by atoms with van der Waals surface area (Å²) in [5, 5.41) is 4.47. The Morgan fingerprint density at radius 3 is 2.35 bits per heavy atom. The molecule has 4 nitrogen and oxygen atoms in total. The van der Waals surface area contributed by atoms with Gasteiger partial charge in [0.05, 0.1) is 0 Å². The molecule has 0 aromatic heterocycles. The second-order valence-electron chi connectivity index (χ2n) is 5.53. The van der Waals surface area contributed by atoms with Gasteiger partial charge in [0.1, 0.15) is 0 Å². The Morgan fingerprint density at radius 2 is 1.83 bits per heavy atom. The molecular weight excluding hydrogens is 309 g/mol. The number of hydrogen-bond acceptors (Lipinski definition) is 2. The van der Waals surface area contributed by atoms with Crippen molar-refractivity contribution < 1.29 is 22.8 Å². The molecule has 1 aliphatic carbocycles. The first kappa shape index (κ1) is 17.1. The van der Waals surface area contributed by atoms with E-state index in [1.807, 2.05) is 6.92 Å². The minimum absolute atomic E-state index is 0.229. The van der Waals surface area contributed by atoms with Gasteiger partial charge in [-0.15, -0.1) is 0 Å². The van der Waals surface area contributed by atoms with Crippen LogP contribution in [-0.2, 0) is 16.1 Å². The Hall–Kier alpha value is -2.31. The standard InChI is InChI=1S/C16H17F3N2O2/c1-10(12-4-5-12)8-14(22)21-13-6-2-11(3-7-13)9-20-15(23)16(17,18)19/h2-3,6-8,12H,4-5,9H2,1H3,(H,20,23)(H,21,22)/b10-8+. The monoisotopic (exact) mass is 326 g/mol. The quantitative estimate of drug-likeness (QED) is 0.817. The molecule has 0 bridgehead atoms. The number of carbonyl (C=O) groups is 2. The molecule has 0 spiro atoms. The summed E-state index contributed by atoms with van der Waals surface area (Å²) in [6.07, 6.45) is -1.09. The maximum Gasteiger partial charge on any atom is 0.471 e. The van der Waals surface area contributed by atoms with Gasteiger partial charge >= 0.3 is 12.1 Å². The maximum absolute atomic E-state index is 12.1. The van der Waals surface area contributed by atoms with Gasteiger partial charge in [0.2, 0.25) is 5.91 Å². The van der Waals surface area contributed by atoms with Crippen LogP contribution < -0.4 is 10.6 Å². The van der Waals surface area contributed by atoms with E-state index in [1.54, 1.807) is 35.7 Å². The molecule has 0 saturated heterocycles. The van der Waals surface area contributed by atoms with E-state index in [-0.39, 0.29) is 12.5 Å². The zero-order valence-corrected chi connectivity index (χ0v) is 12.5. The van der Waals surface area contributed by atoms with E-state index < -0.39 is 12.1 Å². The summed E-state index contributed by atoms with van der Waals surface area (Å²) in [6.45, 7) is 1.69. The second kappa shape index (κ2) is 6.85. The van der Waals surface area contributed by atoms with Gasteiger partial charge in [-0.05, 0) is 43.4 Å². The van der Waals surface area contributed by atoms with E-state index in [4.69, 9.17) is 0 Å². The Labute approximate surface area is 131 Å². The molecule has 2 amide bonds. The number of halogens is 3. The van der Waals surface area contributed by atoms with Crippen molar-refractivity contribution in [2.75, 3.05) is 5.32 Å². The van der Waals surface area contributed by atoms with Gasteiger partial charge in [0, 0.05) is 18.3 Å². The molecule has 2 N–H and O–H groups in total. The number of allylic oxidation sites excluding steroid dienone is 1. The highest BCUT2D eigenvalue weighted by Crippen LogP contribution is 2.35. The van der Waals surface area contributed by atoms with Gasteiger partial charge < -0.3 is 10.6 Å². The fourth-order valence-corrected chi connectivity index (χ4v) is 2.03. The van der Waals surface area contributed by atoms with Crippen LogP contribution >= 0.6 is 0 Å². The molecule has 7 heteroatoms. The average Bonchev–Trinajstić information content (AvgIpc) is 3.29. The molecule has 1 aromatic rings. The minimum Gasteiger partial charge on any atom is -0.344 e. The van der Waals surface area contributed by atoms with Crippen LogP contribution in [0, 0.1) is 5.92 Å². The molecule has 0 unspecified atom stereocenters. The molecule has 0 aliphatic heterocycles. The molecule has 23 heavy (non-hydrogen) atoms. The molecule has 0 radical (unpaired) electrons. The van der Waals surface area contributed by atoms with Crippen LogP contribution in [0.1, 0.15) is 25.3 Å². The Kier molecular flexibility index (Phi) is 5.08. The van der Waals surface area contributed by atoms with Crippen molar-refractivity contribution in [3.05, 3.63) is 41.5 Å². The van der Waals surface area contributed by atoms with Gasteiger partial charge in [0.15, 0.2) is 0 Å². The molecule has 0 heterocycles. The van der Waals surface area contributed by atoms with Gasteiger partial charge in [0.25, 0.3) is 0 Å². The predicted molar refractivity (Wildman–Crippen MR) is 79.5 cm³/mol. The van der Waals surface area contributed by atoms with Gasteiger partial charge in [-0.1, -0.05) is 17.7 Å². The van der Waals surface area contributed by atoms with E-state index in [0.717, 1.165) is 18.4 Å². The first-order valence-corrected chi connectivity index (χ1v) is 7.19. The van der Waals surface area contributed by atoms with Crippen molar-refractivity contribution >= 4 is 17.5 Å². The van der Waals surface area contributed by atoms with E-state index in [9.17, 15) is 22.8 Å². The third kappa shape index (κ3) is 5.43. The smallest absolute Gasteiger partial charge is 0.344 e. The summed E-state index contributed by atoms with van der Waals surface area (Å²) in [4.78, 5) is 22.5. The topological polar surface area (TPSA) is 58.2 Å². The van der Waals surface area contributed by atoms with E-state index in [1.165, 1.54) is 0 Å². The molecule has 1 fully saturated rings. The molecular formula is C16H17F3N2O2. The van der Waals surface area contributed by atoms with Gasteiger partial charge in [-0.2, -0.15) is 13.2 Å². The summed E-state index contributed by atoms with van der Waals surface area (Å²) in [7, 11) is 0. The molecule has 1 aromatic carbocycles. The van der Waals surface area contributed by atoms with Crippen LogP contribution in [0.15, 0.2) is 35.9 Å². The lowest BCUT2D eigenvalue weighted by atomic mass is 10.1. The van der Waals surface area contributed by atoms with E-state index >= 15 is 0 Å². The number of rotatable bonds is 5. The molecule has 2 rings (SSSR count). The second-order valence-corrected chi connectivity index (χ2v) is 5.53. The van der Waals surface area contributed by atoms with Gasteiger partial charge in [-0.25, -0.2) is 0 Å². The first-order valence-electron chi connectivity index (χ1n) is 7.19. The molecule has 1 aliphatic rings. The highest BCUT2D eigenvalue weighted by Gasteiger charge is 2.38. The number of amides is 2. The SMILES string of the molecule is C/C(=C\C(=O)Nc1ccc(CNC(=O)C(F)(F)F)cc1)C1CC1. The zero-order chi connectivity index (χ0) is 17.0. The van der Waals surface area contributed by atoms with Crippen LogP contribution in [0.25, 0.3) is 0 Å². The molecule has 1 saturated carbocycles. The predicted octanol–water partition coefficient (Wildman–Crippen LogP) is 3.16. The summed E-state index contributed by atoms with van der Waals surface area (Å²) < 4.78 is 36.2.